The minimum absolute atomic E-state index is 0.452. The SMILES string of the molecule is C=C(Cl)CN1CC(O)(CC)C1. The molecule has 0 saturated carbocycles. The van der Waals surface area contributed by atoms with E-state index in [0.717, 1.165) is 19.5 Å². The molecule has 0 radical (unpaired) electrons. The Morgan fingerprint density at radius 3 is 2.64 bits per heavy atom. The summed E-state index contributed by atoms with van der Waals surface area (Å²) >= 11 is 5.60. The number of hydrogen-bond acceptors (Lipinski definition) is 2. The summed E-state index contributed by atoms with van der Waals surface area (Å²) < 4.78 is 0. The van der Waals surface area contributed by atoms with Crippen LogP contribution in [0.4, 0.5) is 0 Å². The molecule has 1 saturated heterocycles. The molecule has 0 bridgehead atoms. The molecule has 0 aromatic carbocycles. The average Bonchev–Trinajstić information content (AvgIpc) is 1.83. The quantitative estimate of drug-likeness (QED) is 0.697. The third kappa shape index (κ3) is 2.19. The van der Waals surface area contributed by atoms with Crippen LogP contribution in [0.3, 0.4) is 0 Å². The molecular weight excluding hydrogens is 162 g/mol. The Hall–Kier alpha value is -0.0500. The Kier molecular flexibility index (Phi) is 2.58. The molecule has 0 atom stereocenters. The molecule has 0 aromatic heterocycles. The minimum Gasteiger partial charge on any atom is -0.387 e. The monoisotopic (exact) mass is 175 g/mol. The van der Waals surface area contributed by atoms with Crippen molar-refractivity contribution >= 4 is 11.6 Å². The molecule has 11 heavy (non-hydrogen) atoms. The molecule has 3 heteroatoms. The number of rotatable bonds is 3. The number of nitrogens with zero attached hydrogens (tertiary/aromatic N) is 1. The number of hydrogen-bond donors (Lipinski definition) is 1. The van der Waals surface area contributed by atoms with Gasteiger partial charge in [0.15, 0.2) is 0 Å². The second-order valence-electron chi connectivity index (χ2n) is 3.24. The lowest BCUT2D eigenvalue weighted by Gasteiger charge is -2.46. The van der Waals surface area contributed by atoms with E-state index in [0.29, 0.717) is 11.6 Å². The fourth-order valence-electron chi connectivity index (χ4n) is 1.36. The molecule has 1 N–H and O–H groups in total. The lowest BCUT2D eigenvalue weighted by molar-refractivity contribution is -0.0947. The van der Waals surface area contributed by atoms with Crippen molar-refractivity contribution in [2.24, 2.45) is 0 Å². The maximum Gasteiger partial charge on any atom is 0.0897 e. The molecule has 1 rings (SSSR count). The number of β-amino-alcohol motifs (C(OH)–C–C–N with tert-alkyl or cyclic N) is 1. The average molecular weight is 176 g/mol. The van der Waals surface area contributed by atoms with Crippen molar-refractivity contribution < 1.29 is 5.11 Å². The molecular formula is C8H14ClNO. The van der Waals surface area contributed by atoms with Crippen molar-refractivity contribution in [3.8, 4) is 0 Å². The van der Waals surface area contributed by atoms with Crippen molar-refractivity contribution in [3.63, 3.8) is 0 Å². The Morgan fingerprint density at radius 2 is 2.27 bits per heavy atom. The van der Waals surface area contributed by atoms with Crippen molar-refractivity contribution in [1.82, 2.24) is 4.90 Å². The highest BCUT2D eigenvalue weighted by atomic mass is 35.5. The van der Waals surface area contributed by atoms with Gasteiger partial charge in [0.25, 0.3) is 0 Å². The number of likely N-dealkylation sites (tertiary alicyclic amines) is 1. The zero-order chi connectivity index (χ0) is 8.48. The van der Waals surface area contributed by atoms with Crippen LogP contribution >= 0.6 is 11.6 Å². The number of halogens is 1. The van der Waals surface area contributed by atoms with E-state index >= 15 is 0 Å². The van der Waals surface area contributed by atoms with Crippen LogP contribution in [0, 0.1) is 0 Å². The van der Waals surface area contributed by atoms with Crippen LogP contribution in [0.5, 0.6) is 0 Å². The zero-order valence-corrected chi connectivity index (χ0v) is 7.56. The first-order valence-electron chi connectivity index (χ1n) is 3.84. The van der Waals surface area contributed by atoms with Crippen LogP contribution in [0.2, 0.25) is 0 Å². The van der Waals surface area contributed by atoms with Gasteiger partial charge >= 0.3 is 0 Å². The van der Waals surface area contributed by atoms with Gasteiger partial charge in [-0.15, -0.1) is 0 Å². The Bertz CT molecular complexity index is 163. The first-order valence-corrected chi connectivity index (χ1v) is 4.21. The first kappa shape index (κ1) is 9.04. The molecule has 0 aliphatic carbocycles. The molecule has 0 aromatic rings. The van der Waals surface area contributed by atoms with Crippen LogP contribution in [0.1, 0.15) is 13.3 Å². The maximum atomic E-state index is 9.59. The Morgan fingerprint density at radius 1 is 1.73 bits per heavy atom. The number of aliphatic hydroxyl groups is 1. The standard InChI is InChI=1S/C8H14ClNO/c1-3-8(11)5-10(6-8)4-7(2)9/h11H,2-6H2,1H3. The van der Waals surface area contributed by atoms with E-state index < -0.39 is 5.60 Å². The van der Waals surface area contributed by atoms with E-state index in [1.165, 1.54) is 0 Å². The van der Waals surface area contributed by atoms with E-state index in [9.17, 15) is 5.11 Å². The van der Waals surface area contributed by atoms with Gasteiger partial charge in [-0.05, 0) is 6.42 Å². The second-order valence-corrected chi connectivity index (χ2v) is 3.77. The first-order chi connectivity index (χ1) is 5.06. The fourth-order valence-corrected chi connectivity index (χ4v) is 1.53. The van der Waals surface area contributed by atoms with E-state index in [2.05, 4.69) is 11.5 Å². The third-order valence-corrected chi connectivity index (χ3v) is 2.21. The lowest BCUT2D eigenvalue weighted by Crippen LogP contribution is -2.61. The Balaban J connectivity index is 2.23. The van der Waals surface area contributed by atoms with Crippen molar-refractivity contribution in [2.45, 2.75) is 18.9 Å². The van der Waals surface area contributed by atoms with Gasteiger partial charge in [0.1, 0.15) is 0 Å². The highest BCUT2D eigenvalue weighted by Crippen LogP contribution is 2.24. The van der Waals surface area contributed by atoms with Gasteiger partial charge in [-0.2, -0.15) is 0 Å². The molecule has 0 spiro atoms. The molecule has 1 heterocycles. The third-order valence-electron chi connectivity index (χ3n) is 2.09. The molecule has 64 valence electrons. The van der Waals surface area contributed by atoms with E-state index in [1.54, 1.807) is 0 Å². The largest absolute Gasteiger partial charge is 0.387 e. The lowest BCUT2D eigenvalue weighted by atomic mass is 9.91. The molecule has 1 fully saturated rings. The van der Waals surface area contributed by atoms with Crippen molar-refractivity contribution in [1.29, 1.82) is 0 Å². The van der Waals surface area contributed by atoms with Crippen LogP contribution in [0.15, 0.2) is 11.6 Å². The van der Waals surface area contributed by atoms with Gasteiger partial charge in [0.2, 0.25) is 0 Å². The summed E-state index contributed by atoms with van der Waals surface area (Å²) in [5.74, 6) is 0. The van der Waals surface area contributed by atoms with Crippen LogP contribution in [0.25, 0.3) is 0 Å². The highest BCUT2D eigenvalue weighted by Gasteiger charge is 2.38. The summed E-state index contributed by atoms with van der Waals surface area (Å²) in [4.78, 5) is 2.08. The molecule has 0 unspecified atom stereocenters. The Labute approximate surface area is 72.5 Å². The van der Waals surface area contributed by atoms with Crippen molar-refractivity contribution in [2.75, 3.05) is 19.6 Å². The van der Waals surface area contributed by atoms with Crippen LogP contribution < -0.4 is 0 Å². The smallest absolute Gasteiger partial charge is 0.0897 e. The van der Waals surface area contributed by atoms with Crippen LogP contribution in [-0.4, -0.2) is 35.2 Å². The molecule has 1 aliphatic heterocycles. The summed E-state index contributed by atoms with van der Waals surface area (Å²) in [6, 6.07) is 0. The van der Waals surface area contributed by atoms with Gasteiger partial charge in [-0.3, -0.25) is 4.90 Å². The van der Waals surface area contributed by atoms with Gasteiger partial charge in [-0.25, -0.2) is 0 Å². The van der Waals surface area contributed by atoms with Gasteiger partial charge in [0, 0.05) is 24.7 Å². The second kappa shape index (κ2) is 3.13. The topological polar surface area (TPSA) is 23.5 Å². The van der Waals surface area contributed by atoms with Crippen LogP contribution in [-0.2, 0) is 0 Å². The zero-order valence-electron chi connectivity index (χ0n) is 6.81. The highest BCUT2D eigenvalue weighted by molar-refractivity contribution is 6.29. The molecule has 2 nitrogen and oxygen atoms in total. The summed E-state index contributed by atoms with van der Waals surface area (Å²) in [5.41, 5.74) is -0.452. The maximum absolute atomic E-state index is 9.59. The summed E-state index contributed by atoms with van der Waals surface area (Å²) in [6.45, 7) is 7.75. The van der Waals surface area contributed by atoms with E-state index in [1.807, 2.05) is 6.92 Å². The predicted molar refractivity (Wildman–Crippen MR) is 46.7 cm³/mol. The minimum atomic E-state index is -0.452. The fraction of sp³-hybridized carbons (Fsp3) is 0.750. The summed E-state index contributed by atoms with van der Waals surface area (Å²) in [7, 11) is 0. The van der Waals surface area contributed by atoms with Gasteiger partial charge in [-0.1, -0.05) is 25.1 Å². The molecule has 1 aliphatic rings. The molecule has 0 amide bonds. The van der Waals surface area contributed by atoms with Crippen molar-refractivity contribution in [3.05, 3.63) is 11.6 Å². The normalized spacial score (nSPS) is 22.8. The summed E-state index contributed by atoms with van der Waals surface area (Å²) in [5, 5.41) is 10.2. The van der Waals surface area contributed by atoms with Gasteiger partial charge in [0.05, 0.1) is 5.60 Å². The van der Waals surface area contributed by atoms with E-state index in [4.69, 9.17) is 11.6 Å². The predicted octanol–water partition coefficient (Wildman–Crippen LogP) is 1.20. The van der Waals surface area contributed by atoms with E-state index in [-0.39, 0.29) is 0 Å². The van der Waals surface area contributed by atoms with Gasteiger partial charge < -0.3 is 5.11 Å². The summed E-state index contributed by atoms with van der Waals surface area (Å²) in [6.07, 6.45) is 0.818.